The summed E-state index contributed by atoms with van der Waals surface area (Å²) in [4.78, 5) is 2.06. The molecule has 1 heterocycles. The zero-order chi connectivity index (χ0) is 16.3. The molecule has 0 atom stereocenters. The summed E-state index contributed by atoms with van der Waals surface area (Å²) in [5, 5.41) is 2.03. The maximum Gasteiger partial charge on any atom is 0.310 e. The van der Waals surface area contributed by atoms with Gasteiger partial charge in [0.25, 0.3) is 0 Å². The fourth-order valence-corrected chi connectivity index (χ4v) is 3.76. The highest BCUT2D eigenvalue weighted by molar-refractivity contribution is 7.87. The number of ether oxygens (including phenoxy) is 1. The van der Waals surface area contributed by atoms with Crippen LogP contribution in [0.25, 0.3) is 10.8 Å². The lowest BCUT2D eigenvalue weighted by Gasteiger charge is -2.26. The van der Waals surface area contributed by atoms with E-state index in [1.54, 1.807) is 18.2 Å². The molecule has 0 spiro atoms. The Bertz CT molecular complexity index is 788. The normalized spacial score (nSPS) is 16.6. The second kappa shape index (κ2) is 7.05. The SMILES string of the molecule is O=S(=O)(CCN1CCOCC1)Oc1ccc(Cl)c2ccccc12. The standard InChI is InChI=1S/C16H18ClNO4S/c17-15-5-6-16(14-4-2-1-3-13(14)15)22-23(19,20)12-9-18-7-10-21-11-8-18/h1-6H,7-12H2. The van der Waals surface area contributed by atoms with Crippen molar-refractivity contribution in [2.75, 3.05) is 38.6 Å². The van der Waals surface area contributed by atoms with Crippen LogP contribution in [0.4, 0.5) is 0 Å². The van der Waals surface area contributed by atoms with Crippen molar-refractivity contribution in [2.45, 2.75) is 0 Å². The van der Waals surface area contributed by atoms with Gasteiger partial charge < -0.3 is 8.92 Å². The molecular weight excluding hydrogens is 338 g/mol. The van der Waals surface area contributed by atoms with Gasteiger partial charge in [-0.1, -0.05) is 35.9 Å². The highest BCUT2D eigenvalue weighted by Crippen LogP contribution is 2.32. The van der Waals surface area contributed by atoms with Crippen LogP contribution < -0.4 is 4.18 Å². The molecule has 3 rings (SSSR count). The number of hydrogen-bond acceptors (Lipinski definition) is 5. The van der Waals surface area contributed by atoms with Crippen molar-refractivity contribution < 1.29 is 17.3 Å². The molecule has 7 heteroatoms. The van der Waals surface area contributed by atoms with Crippen LogP contribution in [0.5, 0.6) is 5.75 Å². The van der Waals surface area contributed by atoms with Gasteiger partial charge >= 0.3 is 10.1 Å². The summed E-state index contributed by atoms with van der Waals surface area (Å²) >= 11 is 6.14. The molecule has 1 fully saturated rings. The van der Waals surface area contributed by atoms with Gasteiger partial charge in [-0.05, 0) is 12.1 Å². The zero-order valence-corrected chi connectivity index (χ0v) is 14.1. The first-order valence-electron chi connectivity index (χ1n) is 7.45. The average Bonchev–Trinajstić information content (AvgIpc) is 2.57. The van der Waals surface area contributed by atoms with Crippen molar-refractivity contribution in [3.05, 3.63) is 41.4 Å². The molecule has 2 aromatic carbocycles. The molecule has 0 amide bonds. The highest BCUT2D eigenvalue weighted by atomic mass is 35.5. The van der Waals surface area contributed by atoms with Gasteiger partial charge in [0.05, 0.1) is 19.0 Å². The van der Waals surface area contributed by atoms with Gasteiger partial charge in [0, 0.05) is 35.4 Å². The topological polar surface area (TPSA) is 55.8 Å². The molecule has 1 saturated heterocycles. The van der Waals surface area contributed by atoms with Crippen molar-refractivity contribution >= 4 is 32.5 Å². The van der Waals surface area contributed by atoms with Crippen LogP contribution in [0.1, 0.15) is 0 Å². The monoisotopic (exact) mass is 355 g/mol. The van der Waals surface area contributed by atoms with Crippen LogP contribution >= 0.6 is 11.6 Å². The third-order valence-corrected chi connectivity index (χ3v) is 5.25. The zero-order valence-electron chi connectivity index (χ0n) is 12.6. The molecule has 0 unspecified atom stereocenters. The summed E-state index contributed by atoms with van der Waals surface area (Å²) in [5.41, 5.74) is 0. The van der Waals surface area contributed by atoms with Crippen molar-refractivity contribution in [1.29, 1.82) is 0 Å². The number of rotatable bonds is 5. The van der Waals surface area contributed by atoms with Crippen LogP contribution in [-0.4, -0.2) is 51.9 Å². The van der Waals surface area contributed by atoms with E-state index in [1.807, 2.05) is 18.2 Å². The fraction of sp³-hybridized carbons (Fsp3) is 0.375. The maximum absolute atomic E-state index is 12.3. The quantitative estimate of drug-likeness (QED) is 0.771. The van der Waals surface area contributed by atoms with E-state index in [-0.39, 0.29) is 5.75 Å². The van der Waals surface area contributed by atoms with E-state index in [0.29, 0.717) is 35.9 Å². The van der Waals surface area contributed by atoms with E-state index >= 15 is 0 Å². The van der Waals surface area contributed by atoms with Gasteiger partial charge in [-0.25, -0.2) is 0 Å². The average molecular weight is 356 g/mol. The second-order valence-corrected chi connectivity index (χ2v) is 7.49. The largest absolute Gasteiger partial charge is 0.382 e. The Morgan fingerprint density at radius 2 is 1.78 bits per heavy atom. The van der Waals surface area contributed by atoms with Crippen molar-refractivity contribution in [2.24, 2.45) is 0 Å². The minimum atomic E-state index is -3.66. The number of hydrogen-bond donors (Lipinski definition) is 0. The first-order chi connectivity index (χ1) is 11.1. The van der Waals surface area contributed by atoms with E-state index < -0.39 is 10.1 Å². The molecule has 0 N–H and O–H groups in total. The Morgan fingerprint density at radius 3 is 2.52 bits per heavy atom. The van der Waals surface area contributed by atoms with Crippen molar-refractivity contribution in [3.63, 3.8) is 0 Å². The lowest BCUT2D eigenvalue weighted by atomic mass is 10.1. The highest BCUT2D eigenvalue weighted by Gasteiger charge is 2.19. The molecule has 23 heavy (non-hydrogen) atoms. The Balaban J connectivity index is 1.74. The van der Waals surface area contributed by atoms with E-state index in [1.165, 1.54) is 0 Å². The maximum atomic E-state index is 12.3. The lowest BCUT2D eigenvalue weighted by Crippen LogP contribution is -2.39. The summed E-state index contributed by atoms with van der Waals surface area (Å²) in [6.07, 6.45) is 0. The number of benzene rings is 2. The van der Waals surface area contributed by atoms with Gasteiger partial charge in [0.15, 0.2) is 5.75 Å². The molecule has 2 aromatic rings. The van der Waals surface area contributed by atoms with Crippen LogP contribution in [0.3, 0.4) is 0 Å². The molecule has 0 aliphatic carbocycles. The molecule has 0 radical (unpaired) electrons. The summed E-state index contributed by atoms with van der Waals surface area (Å²) in [7, 11) is -3.66. The molecule has 1 aliphatic heterocycles. The minimum absolute atomic E-state index is 0.0516. The molecule has 124 valence electrons. The van der Waals surface area contributed by atoms with Gasteiger partial charge in [-0.3, -0.25) is 4.90 Å². The first kappa shape index (κ1) is 16.5. The molecule has 0 aromatic heterocycles. The van der Waals surface area contributed by atoms with Crippen LogP contribution in [0.15, 0.2) is 36.4 Å². The van der Waals surface area contributed by atoms with Gasteiger partial charge in [0.2, 0.25) is 0 Å². The summed E-state index contributed by atoms with van der Waals surface area (Å²) in [6, 6.07) is 10.6. The van der Waals surface area contributed by atoms with E-state index in [0.717, 1.165) is 18.5 Å². The summed E-state index contributed by atoms with van der Waals surface area (Å²) in [5.74, 6) is 0.260. The fourth-order valence-electron chi connectivity index (χ4n) is 2.55. The number of morpholine rings is 1. The molecular formula is C16H18ClNO4S. The van der Waals surface area contributed by atoms with Gasteiger partial charge in [-0.2, -0.15) is 8.42 Å². The van der Waals surface area contributed by atoms with Crippen LogP contribution in [0, 0.1) is 0 Å². The van der Waals surface area contributed by atoms with Crippen LogP contribution in [-0.2, 0) is 14.9 Å². The predicted octanol–water partition coefficient (Wildman–Crippen LogP) is 2.53. The summed E-state index contributed by atoms with van der Waals surface area (Å²) in [6.45, 7) is 3.22. The van der Waals surface area contributed by atoms with E-state index in [2.05, 4.69) is 4.90 Å². The Kier molecular flexibility index (Phi) is 5.06. The third kappa shape index (κ3) is 4.14. The molecule has 0 bridgehead atoms. The summed E-state index contributed by atoms with van der Waals surface area (Å²) < 4.78 is 35.1. The lowest BCUT2D eigenvalue weighted by molar-refractivity contribution is 0.0407. The third-order valence-electron chi connectivity index (χ3n) is 3.81. The van der Waals surface area contributed by atoms with Gasteiger partial charge in [-0.15, -0.1) is 0 Å². The smallest absolute Gasteiger partial charge is 0.310 e. The van der Waals surface area contributed by atoms with Crippen molar-refractivity contribution in [1.82, 2.24) is 4.90 Å². The number of fused-ring (bicyclic) bond motifs is 1. The molecule has 1 aliphatic rings. The van der Waals surface area contributed by atoms with E-state index in [4.69, 9.17) is 20.5 Å². The molecule has 0 saturated carbocycles. The Hall–Kier alpha value is -1.34. The predicted molar refractivity (Wildman–Crippen MR) is 90.6 cm³/mol. The first-order valence-corrected chi connectivity index (χ1v) is 9.40. The Labute approximate surface area is 140 Å². The second-order valence-electron chi connectivity index (χ2n) is 5.39. The minimum Gasteiger partial charge on any atom is -0.382 e. The van der Waals surface area contributed by atoms with Crippen LogP contribution in [0.2, 0.25) is 5.02 Å². The molecule has 5 nitrogen and oxygen atoms in total. The van der Waals surface area contributed by atoms with E-state index in [9.17, 15) is 8.42 Å². The van der Waals surface area contributed by atoms with Gasteiger partial charge in [0.1, 0.15) is 0 Å². The Morgan fingerprint density at radius 1 is 1.09 bits per heavy atom. The number of halogens is 1. The van der Waals surface area contributed by atoms with Crippen molar-refractivity contribution in [3.8, 4) is 5.75 Å². The number of nitrogens with zero attached hydrogens (tertiary/aromatic N) is 1.